The van der Waals surface area contributed by atoms with Gasteiger partial charge in [0.2, 0.25) is 6.54 Å². The maximum Gasteiger partial charge on any atom is 0.296 e. The molecule has 0 saturated heterocycles. The van der Waals surface area contributed by atoms with Crippen LogP contribution in [-0.4, -0.2) is 17.9 Å². The van der Waals surface area contributed by atoms with Gasteiger partial charge in [-0.2, -0.15) is 4.57 Å². The molecule has 0 aliphatic carbocycles. The number of carbonyl (C=O) groups excluding carboxylic acids is 1. The summed E-state index contributed by atoms with van der Waals surface area (Å²) in [5.74, 6) is 0.0190. The van der Waals surface area contributed by atoms with Crippen molar-refractivity contribution in [3.63, 3.8) is 0 Å². The number of nitrogens with one attached hydrogen (secondary N) is 1. The van der Waals surface area contributed by atoms with Crippen LogP contribution in [0.4, 0.5) is 11.4 Å². The zero-order valence-electron chi connectivity index (χ0n) is 12.3. The highest BCUT2D eigenvalue weighted by Crippen LogP contribution is 2.28. The van der Waals surface area contributed by atoms with Crippen LogP contribution in [0.15, 0.2) is 42.6 Å². The Morgan fingerprint density at radius 3 is 2.77 bits per heavy atom. The summed E-state index contributed by atoms with van der Waals surface area (Å²) in [6.45, 7) is 1.96. The molecule has 1 aromatic carbocycles. The van der Waals surface area contributed by atoms with E-state index in [1.807, 2.05) is 25.1 Å². The monoisotopic (exact) mass is 302 g/mol. The number of hydrogen-bond acceptors (Lipinski definition) is 4. The van der Waals surface area contributed by atoms with Crippen molar-refractivity contribution >= 4 is 17.3 Å². The van der Waals surface area contributed by atoms with Gasteiger partial charge in [-0.25, -0.2) is 0 Å². The maximum atomic E-state index is 12.1. The summed E-state index contributed by atoms with van der Waals surface area (Å²) >= 11 is 0. The van der Waals surface area contributed by atoms with Gasteiger partial charge in [0.25, 0.3) is 11.6 Å². The number of ether oxygens (including phenoxy) is 1. The van der Waals surface area contributed by atoms with Crippen LogP contribution in [-0.2, 0) is 11.3 Å². The van der Waals surface area contributed by atoms with Crippen molar-refractivity contribution in [3.8, 4) is 5.75 Å². The molecule has 7 nitrogen and oxygen atoms in total. The van der Waals surface area contributed by atoms with Gasteiger partial charge in [-0.15, -0.1) is 0 Å². The van der Waals surface area contributed by atoms with E-state index >= 15 is 0 Å². The molecule has 0 bridgehead atoms. The summed E-state index contributed by atoms with van der Waals surface area (Å²) in [5, 5.41) is 13.6. The van der Waals surface area contributed by atoms with Crippen molar-refractivity contribution in [3.05, 3.63) is 58.4 Å². The van der Waals surface area contributed by atoms with Crippen LogP contribution in [0.2, 0.25) is 0 Å². The van der Waals surface area contributed by atoms with E-state index in [1.54, 1.807) is 16.8 Å². The highest BCUT2D eigenvalue weighted by atomic mass is 16.6. The molecular weight excluding hydrogens is 286 g/mol. The van der Waals surface area contributed by atoms with E-state index < -0.39 is 4.92 Å². The lowest BCUT2D eigenvalue weighted by Gasteiger charge is -2.06. The van der Waals surface area contributed by atoms with E-state index in [4.69, 9.17) is 4.74 Å². The maximum absolute atomic E-state index is 12.1. The molecule has 0 aliphatic heterocycles. The standard InChI is InChI=1S/C15H15N3O4/c1-11-5-3-4-8-17(11)10-15(19)16-13-7-6-12(22-2)9-14(13)18(20)21/h3-9H,10H2,1-2H3/p+1. The van der Waals surface area contributed by atoms with Gasteiger partial charge in [0.15, 0.2) is 11.9 Å². The number of amides is 1. The molecule has 1 N–H and O–H groups in total. The second-order valence-corrected chi connectivity index (χ2v) is 4.66. The Kier molecular flexibility index (Phi) is 4.67. The molecule has 0 atom stereocenters. The molecule has 0 spiro atoms. The van der Waals surface area contributed by atoms with E-state index in [-0.39, 0.29) is 23.8 Å². The number of methoxy groups -OCH3 is 1. The van der Waals surface area contributed by atoms with Crippen LogP contribution in [0.1, 0.15) is 5.69 Å². The van der Waals surface area contributed by atoms with E-state index in [9.17, 15) is 14.9 Å². The number of nitrogens with zero attached hydrogens (tertiary/aromatic N) is 2. The van der Waals surface area contributed by atoms with Crippen LogP contribution >= 0.6 is 0 Å². The SMILES string of the molecule is COc1ccc(NC(=O)C[n+]2ccccc2C)c([N+](=O)[O-])c1. The Bertz CT molecular complexity index is 716. The fraction of sp³-hybridized carbons (Fsp3) is 0.200. The third-order valence-electron chi connectivity index (χ3n) is 3.16. The number of benzene rings is 1. The number of carbonyl (C=O) groups is 1. The lowest BCUT2D eigenvalue weighted by molar-refractivity contribution is -0.690. The lowest BCUT2D eigenvalue weighted by Crippen LogP contribution is -2.42. The molecule has 7 heteroatoms. The number of aryl methyl sites for hydroxylation is 1. The number of nitro groups is 1. The normalized spacial score (nSPS) is 10.1. The molecule has 114 valence electrons. The zero-order valence-corrected chi connectivity index (χ0v) is 12.3. The van der Waals surface area contributed by atoms with Gasteiger partial charge in [0, 0.05) is 19.1 Å². The molecule has 0 fully saturated rings. The summed E-state index contributed by atoms with van der Waals surface area (Å²) in [6.07, 6.45) is 1.78. The first-order valence-corrected chi connectivity index (χ1v) is 6.58. The van der Waals surface area contributed by atoms with Crippen LogP contribution in [0, 0.1) is 17.0 Å². The first kappa shape index (κ1) is 15.4. The Labute approximate surface area is 127 Å². The molecule has 1 aromatic heterocycles. The Balaban J connectivity index is 2.18. The fourth-order valence-electron chi connectivity index (χ4n) is 1.98. The molecule has 0 saturated carbocycles. The third kappa shape index (κ3) is 3.57. The van der Waals surface area contributed by atoms with Gasteiger partial charge in [-0.1, -0.05) is 6.07 Å². The average molecular weight is 302 g/mol. The van der Waals surface area contributed by atoms with Crippen LogP contribution in [0.25, 0.3) is 0 Å². The van der Waals surface area contributed by atoms with Gasteiger partial charge in [0.1, 0.15) is 11.4 Å². The minimum absolute atomic E-state index is 0.0792. The largest absolute Gasteiger partial charge is 0.496 e. The Morgan fingerprint density at radius 1 is 1.36 bits per heavy atom. The Morgan fingerprint density at radius 2 is 2.14 bits per heavy atom. The molecule has 1 amide bonds. The summed E-state index contributed by atoms with van der Waals surface area (Å²) in [7, 11) is 1.42. The predicted octanol–water partition coefficient (Wildman–Crippen LogP) is 1.84. The quantitative estimate of drug-likeness (QED) is 0.519. The predicted molar refractivity (Wildman–Crippen MR) is 79.7 cm³/mol. The molecule has 22 heavy (non-hydrogen) atoms. The van der Waals surface area contributed by atoms with Crippen molar-refractivity contribution < 1.29 is 19.0 Å². The summed E-state index contributed by atoms with van der Waals surface area (Å²) in [6, 6.07) is 9.86. The number of pyridine rings is 1. The van der Waals surface area contributed by atoms with Crippen LogP contribution < -0.4 is 14.6 Å². The van der Waals surface area contributed by atoms with Gasteiger partial charge in [-0.3, -0.25) is 14.9 Å². The van der Waals surface area contributed by atoms with Crippen molar-refractivity contribution in [1.29, 1.82) is 0 Å². The highest BCUT2D eigenvalue weighted by Gasteiger charge is 2.19. The van der Waals surface area contributed by atoms with Crippen molar-refractivity contribution in [1.82, 2.24) is 0 Å². The number of hydrogen-bond donors (Lipinski definition) is 1. The third-order valence-corrected chi connectivity index (χ3v) is 3.16. The number of rotatable bonds is 5. The van der Waals surface area contributed by atoms with Crippen molar-refractivity contribution in [2.75, 3.05) is 12.4 Å². The minimum atomic E-state index is -0.557. The fourth-order valence-corrected chi connectivity index (χ4v) is 1.98. The van der Waals surface area contributed by atoms with Gasteiger partial charge in [-0.05, 0) is 12.1 Å². The van der Waals surface area contributed by atoms with Gasteiger partial charge < -0.3 is 10.1 Å². The smallest absolute Gasteiger partial charge is 0.296 e. The van der Waals surface area contributed by atoms with Crippen LogP contribution in [0.5, 0.6) is 5.75 Å². The van der Waals surface area contributed by atoms with Crippen molar-refractivity contribution in [2.45, 2.75) is 13.5 Å². The molecule has 1 heterocycles. The van der Waals surface area contributed by atoms with Gasteiger partial charge in [0.05, 0.1) is 18.1 Å². The second kappa shape index (κ2) is 6.66. The summed E-state index contributed by atoms with van der Waals surface area (Å²) in [5.41, 5.74) is 0.856. The zero-order chi connectivity index (χ0) is 16.1. The molecular formula is C15H16N3O4+. The number of anilines is 1. The average Bonchev–Trinajstić information content (AvgIpc) is 2.49. The van der Waals surface area contributed by atoms with E-state index in [0.717, 1.165) is 5.69 Å². The molecule has 0 unspecified atom stereocenters. The van der Waals surface area contributed by atoms with E-state index in [1.165, 1.54) is 19.2 Å². The lowest BCUT2D eigenvalue weighted by atomic mass is 10.2. The molecule has 0 radical (unpaired) electrons. The number of aromatic nitrogens is 1. The van der Waals surface area contributed by atoms with E-state index in [2.05, 4.69) is 5.32 Å². The summed E-state index contributed by atoms with van der Waals surface area (Å²) in [4.78, 5) is 22.6. The van der Waals surface area contributed by atoms with E-state index in [0.29, 0.717) is 5.75 Å². The second-order valence-electron chi connectivity index (χ2n) is 4.66. The van der Waals surface area contributed by atoms with Crippen molar-refractivity contribution in [2.24, 2.45) is 0 Å². The summed E-state index contributed by atoms with van der Waals surface area (Å²) < 4.78 is 6.71. The minimum Gasteiger partial charge on any atom is -0.496 e. The first-order valence-electron chi connectivity index (χ1n) is 6.58. The van der Waals surface area contributed by atoms with Crippen LogP contribution in [0.3, 0.4) is 0 Å². The molecule has 2 aromatic rings. The molecule has 0 aliphatic rings. The van der Waals surface area contributed by atoms with Gasteiger partial charge >= 0.3 is 0 Å². The first-order chi connectivity index (χ1) is 10.5. The Hall–Kier alpha value is -2.96. The topological polar surface area (TPSA) is 85.3 Å². The number of nitro benzene ring substituents is 1. The highest BCUT2D eigenvalue weighted by molar-refractivity contribution is 5.92. The molecule has 2 rings (SSSR count).